The number of Topliss-reactive ketones (excluding diaryl/α,β-unsaturated/α-hetero) is 1. The summed E-state index contributed by atoms with van der Waals surface area (Å²) in [4.78, 5) is 12.1. The van der Waals surface area contributed by atoms with Crippen LogP contribution in [0.15, 0.2) is 38.8 Å². The van der Waals surface area contributed by atoms with Crippen LogP contribution in [0, 0.1) is 0 Å². The molecule has 1 aromatic rings. The van der Waals surface area contributed by atoms with E-state index >= 15 is 0 Å². The van der Waals surface area contributed by atoms with Crippen LogP contribution in [0.2, 0.25) is 0 Å². The van der Waals surface area contributed by atoms with E-state index in [1.807, 2.05) is 18.2 Å². The second-order valence-electron chi connectivity index (χ2n) is 3.57. The fourth-order valence-electron chi connectivity index (χ4n) is 1.72. The number of rotatable bonds is 2. The van der Waals surface area contributed by atoms with Crippen molar-refractivity contribution in [2.45, 2.75) is 19.3 Å². The lowest BCUT2D eigenvalue weighted by atomic mass is 10.0. The summed E-state index contributed by atoms with van der Waals surface area (Å²) < 4.78 is 1.80. The fourth-order valence-corrected chi connectivity index (χ4v) is 2.51. The zero-order chi connectivity index (χ0) is 10.8. The quantitative estimate of drug-likeness (QED) is 0.730. The number of carbonyl (C=O) groups excluding carboxylic acids is 1. The monoisotopic (exact) mass is 328 g/mol. The molecule has 0 radical (unpaired) electrons. The molecule has 0 aromatic heterocycles. The van der Waals surface area contributed by atoms with Crippen LogP contribution in [0.1, 0.15) is 29.6 Å². The molecular formula is C12H10Br2O. The number of hydrogen-bond donors (Lipinski definition) is 0. The average molecular weight is 330 g/mol. The number of ketones is 1. The molecule has 0 fully saturated rings. The van der Waals surface area contributed by atoms with Crippen molar-refractivity contribution in [3.05, 3.63) is 44.4 Å². The summed E-state index contributed by atoms with van der Waals surface area (Å²) >= 11 is 6.79. The highest BCUT2D eigenvalue weighted by atomic mass is 79.9. The lowest BCUT2D eigenvalue weighted by Crippen LogP contribution is -2.02. The van der Waals surface area contributed by atoms with Gasteiger partial charge in [-0.2, -0.15) is 0 Å². The van der Waals surface area contributed by atoms with Gasteiger partial charge in [0.2, 0.25) is 0 Å². The molecule has 0 spiro atoms. The van der Waals surface area contributed by atoms with E-state index in [1.165, 1.54) is 0 Å². The van der Waals surface area contributed by atoms with E-state index in [0.717, 1.165) is 39.3 Å². The van der Waals surface area contributed by atoms with Crippen LogP contribution in [-0.4, -0.2) is 5.78 Å². The lowest BCUT2D eigenvalue weighted by molar-refractivity contribution is 0.103. The van der Waals surface area contributed by atoms with Gasteiger partial charge in [0.15, 0.2) is 5.78 Å². The maximum absolute atomic E-state index is 12.1. The van der Waals surface area contributed by atoms with Crippen molar-refractivity contribution in [2.75, 3.05) is 0 Å². The number of allylic oxidation sites excluding steroid dienone is 2. The Balaban J connectivity index is 2.36. The van der Waals surface area contributed by atoms with Gasteiger partial charge in [-0.3, -0.25) is 4.79 Å². The molecule has 0 aliphatic heterocycles. The Morgan fingerprint density at radius 2 is 2.07 bits per heavy atom. The van der Waals surface area contributed by atoms with Crippen LogP contribution in [0.5, 0.6) is 0 Å². The lowest BCUT2D eigenvalue weighted by Gasteiger charge is -2.04. The highest BCUT2D eigenvalue weighted by Crippen LogP contribution is 2.27. The zero-order valence-corrected chi connectivity index (χ0v) is 11.3. The third-order valence-electron chi connectivity index (χ3n) is 2.51. The standard InChI is InChI=1S/C12H10Br2O/c13-9-5-6-11(14)10(7-9)12(15)8-3-1-2-4-8/h3,5-7H,1-2,4H2. The van der Waals surface area contributed by atoms with E-state index in [9.17, 15) is 4.79 Å². The van der Waals surface area contributed by atoms with Crippen molar-refractivity contribution < 1.29 is 4.79 Å². The molecular weight excluding hydrogens is 320 g/mol. The van der Waals surface area contributed by atoms with Crippen molar-refractivity contribution in [1.29, 1.82) is 0 Å². The van der Waals surface area contributed by atoms with Gasteiger partial charge in [0.05, 0.1) is 0 Å². The summed E-state index contributed by atoms with van der Waals surface area (Å²) in [5, 5.41) is 0. The van der Waals surface area contributed by atoms with Gasteiger partial charge in [-0.05, 0) is 43.0 Å². The van der Waals surface area contributed by atoms with E-state index in [2.05, 4.69) is 37.9 Å². The molecule has 1 nitrogen and oxygen atoms in total. The molecule has 1 aromatic carbocycles. The summed E-state index contributed by atoms with van der Waals surface area (Å²) in [6.45, 7) is 0. The van der Waals surface area contributed by atoms with Gasteiger partial charge >= 0.3 is 0 Å². The molecule has 1 aliphatic rings. The average Bonchev–Trinajstić information content (AvgIpc) is 2.74. The first-order valence-electron chi connectivity index (χ1n) is 4.87. The third kappa shape index (κ3) is 2.40. The normalized spacial score (nSPS) is 15.2. The Hall–Kier alpha value is -0.410. The van der Waals surface area contributed by atoms with Crippen LogP contribution >= 0.6 is 31.9 Å². The van der Waals surface area contributed by atoms with Crippen molar-refractivity contribution in [1.82, 2.24) is 0 Å². The van der Waals surface area contributed by atoms with Gasteiger partial charge in [-0.25, -0.2) is 0 Å². The van der Waals surface area contributed by atoms with E-state index in [1.54, 1.807) is 0 Å². The third-order valence-corrected chi connectivity index (χ3v) is 3.69. The van der Waals surface area contributed by atoms with E-state index in [4.69, 9.17) is 0 Å². The summed E-state index contributed by atoms with van der Waals surface area (Å²) in [6, 6.07) is 5.68. The Morgan fingerprint density at radius 1 is 1.27 bits per heavy atom. The summed E-state index contributed by atoms with van der Waals surface area (Å²) in [6.07, 6.45) is 5.10. The molecule has 0 saturated carbocycles. The smallest absolute Gasteiger partial charge is 0.189 e. The van der Waals surface area contributed by atoms with Crippen LogP contribution in [0.3, 0.4) is 0 Å². The van der Waals surface area contributed by atoms with Crippen LogP contribution in [-0.2, 0) is 0 Å². The van der Waals surface area contributed by atoms with Crippen molar-refractivity contribution >= 4 is 37.6 Å². The minimum absolute atomic E-state index is 0.153. The molecule has 2 rings (SSSR count). The molecule has 0 heterocycles. The minimum Gasteiger partial charge on any atom is -0.289 e. The Labute approximate surface area is 106 Å². The first-order valence-corrected chi connectivity index (χ1v) is 6.46. The van der Waals surface area contributed by atoms with Crippen molar-refractivity contribution in [3.8, 4) is 0 Å². The van der Waals surface area contributed by atoms with Crippen LogP contribution in [0.25, 0.3) is 0 Å². The number of hydrogen-bond acceptors (Lipinski definition) is 1. The van der Waals surface area contributed by atoms with E-state index < -0.39 is 0 Å². The molecule has 15 heavy (non-hydrogen) atoms. The second-order valence-corrected chi connectivity index (χ2v) is 5.34. The molecule has 0 amide bonds. The number of benzene rings is 1. The molecule has 0 N–H and O–H groups in total. The molecule has 0 saturated heterocycles. The van der Waals surface area contributed by atoms with Crippen molar-refractivity contribution in [2.24, 2.45) is 0 Å². The van der Waals surface area contributed by atoms with Gasteiger partial charge < -0.3 is 0 Å². The summed E-state index contributed by atoms with van der Waals surface area (Å²) in [5.41, 5.74) is 1.70. The number of halogens is 2. The first kappa shape index (κ1) is 11.1. The Bertz CT molecular complexity index is 435. The SMILES string of the molecule is O=C(C1=CCCC1)c1cc(Br)ccc1Br. The van der Waals surface area contributed by atoms with Gasteiger partial charge in [0, 0.05) is 14.5 Å². The molecule has 3 heteroatoms. The number of carbonyl (C=O) groups is 1. The maximum Gasteiger partial charge on any atom is 0.189 e. The van der Waals surface area contributed by atoms with Gasteiger partial charge in [-0.15, -0.1) is 0 Å². The second kappa shape index (κ2) is 4.62. The first-order chi connectivity index (χ1) is 7.18. The van der Waals surface area contributed by atoms with Gasteiger partial charge in [-0.1, -0.05) is 37.9 Å². The maximum atomic E-state index is 12.1. The van der Waals surface area contributed by atoms with Crippen LogP contribution in [0.4, 0.5) is 0 Å². The van der Waals surface area contributed by atoms with Crippen molar-refractivity contribution in [3.63, 3.8) is 0 Å². The van der Waals surface area contributed by atoms with Gasteiger partial charge in [0.1, 0.15) is 0 Å². The van der Waals surface area contributed by atoms with E-state index in [-0.39, 0.29) is 5.78 Å². The van der Waals surface area contributed by atoms with Gasteiger partial charge in [0.25, 0.3) is 0 Å². The molecule has 0 bridgehead atoms. The van der Waals surface area contributed by atoms with E-state index in [0.29, 0.717) is 0 Å². The zero-order valence-electron chi connectivity index (χ0n) is 8.09. The highest BCUT2D eigenvalue weighted by Gasteiger charge is 2.17. The fraction of sp³-hybridized carbons (Fsp3) is 0.250. The molecule has 78 valence electrons. The molecule has 1 aliphatic carbocycles. The highest BCUT2D eigenvalue weighted by molar-refractivity contribution is 9.11. The van der Waals surface area contributed by atoms with Crippen LogP contribution < -0.4 is 0 Å². The largest absolute Gasteiger partial charge is 0.289 e. The molecule has 0 unspecified atom stereocenters. The predicted octanol–water partition coefficient (Wildman–Crippen LogP) is 4.50. The summed E-state index contributed by atoms with van der Waals surface area (Å²) in [7, 11) is 0. The molecule has 0 atom stereocenters. The summed E-state index contributed by atoms with van der Waals surface area (Å²) in [5.74, 6) is 0.153. The predicted molar refractivity (Wildman–Crippen MR) is 68.1 cm³/mol. The Kier molecular flexibility index (Phi) is 3.42. The minimum atomic E-state index is 0.153. The topological polar surface area (TPSA) is 17.1 Å². The Morgan fingerprint density at radius 3 is 2.73 bits per heavy atom.